The molecular weight excluding hydrogens is 645 g/mol. The highest BCUT2D eigenvalue weighted by molar-refractivity contribution is 7.25. The fraction of sp³-hybridized carbons (Fsp3) is 0. The van der Waals surface area contributed by atoms with Crippen LogP contribution in [0.25, 0.3) is 104 Å². The average Bonchev–Trinajstić information content (AvgIpc) is 3.86. The van der Waals surface area contributed by atoms with E-state index in [0.717, 1.165) is 60.6 Å². The quantitative estimate of drug-likeness (QED) is 0.187. The first-order chi connectivity index (χ1) is 25.3. The standard InChI is InChI=1S/C45H26N4OS/c1-3-12-27(13-4-1)30-18-11-20-38-42(30)33-23-22-29(24-39(33)50-38)44-46-43(28-14-5-2-6-15-28)47-45(48-44)49-36-19-9-7-16-31(36)34-26-41-35(25-37(34)49)32-17-8-10-21-40(32)51-41/h1-26H. The molecule has 7 aromatic carbocycles. The van der Waals surface area contributed by atoms with Crippen LogP contribution in [0.1, 0.15) is 0 Å². The molecule has 0 N–H and O–H groups in total. The van der Waals surface area contributed by atoms with Crippen LogP contribution in [-0.2, 0) is 0 Å². The number of hydrogen-bond donors (Lipinski definition) is 0. The van der Waals surface area contributed by atoms with Crippen molar-refractivity contribution in [1.82, 2.24) is 19.5 Å². The van der Waals surface area contributed by atoms with Crippen molar-refractivity contribution in [2.75, 3.05) is 0 Å². The maximum atomic E-state index is 6.50. The smallest absolute Gasteiger partial charge is 0.238 e. The van der Waals surface area contributed by atoms with Gasteiger partial charge in [-0.05, 0) is 53.6 Å². The zero-order valence-electron chi connectivity index (χ0n) is 27.1. The van der Waals surface area contributed by atoms with Gasteiger partial charge in [0, 0.05) is 52.8 Å². The Balaban J connectivity index is 1.16. The highest BCUT2D eigenvalue weighted by Crippen LogP contribution is 2.41. The van der Waals surface area contributed by atoms with Crippen LogP contribution in [0.5, 0.6) is 0 Å². The highest BCUT2D eigenvalue weighted by Gasteiger charge is 2.20. The van der Waals surface area contributed by atoms with Gasteiger partial charge in [-0.1, -0.05) is 115 Å². The Hall–Kier alpha value is -6.63. The molecule has 11 rings (SSSR count). The molecule has 6 heteroatoms. The molecule has 0 bridgehead atoms. The molecule has 0 unspecified atom stereocenters. The first kappa shape index (κ1) is 28.2. The van der Waals surface area contributed by atoms with Gasteiger partial charge in [0.1, 0.15) is 11.2 Å². The molecule has 5 nitrogen and oxygen atoms in total. The summed E-state index contributed by atoms with van der Waals surface area (Å²) in [7, 11) is 0. The van der Waals surface area contributed by atoms with Crippen LogP contribution in [-0.4, -0.2) is 19.5 Å². The van der Waals surface area contributed by atoms with Crippen molar-refractivity contribution in [3.63, 3.8) is 0 Å². The van der Waals surface area contributed by atoms with Crippen molar-refractivity contribution in [3.05, 3.63) is 158 Å². The summed E-state index contributed by atoms with van der Waals surface area (Å²) in [6.45, 7) is 0. The minimum Gasteiger partial charge on any atom is -0.456 e. The van der Waals surface area contributed by atoms with E-state index in [-0.39, 0.29) is 0 Å². The maximum Gasteiger partial charge on any atom is 0.238 e. The Morgan fingerprint density at radius 3 is 2.00 bits per heavy atom. The fourth-order valence-corrected chi connectivity index (χ4v) is 8.66. The molecule has 238 valence electrons. The van der Waals surface area contributed by atoms with Crippen LogP contribution >= 0.6 is 11.3 Å². The molecular formula is C45H26N4OS. The monoisotopic (exact) mass is 670 g/mol. The molecule has 0 aliphatic rings. The molecule has 0 spiro atoms. The van der Waals surface area contributed by atoms with Crippen molar-refractivity contribution in [3.8, 4) is 39.9 Å². The number of nitrogens with zero attached hydrogens (tertiary/aromatic N) is 4. The van der Waals surface area contributed by atoms with Crippen LogP contribution in [0.2, 0.25) is 0 Å². The van der Waals surface area contributed by atoms with Crippen LogP contribution in [0, 0.1) is 0 Å². The molecule has 4 heterocycles. The van der Waals surface area contributed by atoms with Crippen LogP contribution < -0.4 is 0 Å². The highest BCUT2D eigenvalue weighted by atomic mass is 32.1. The summed E-state index contributed by atoms with van der Waals surface area (Å²) in [6.07, 6.45) is 0. The number of hydrogen-bond acceptors (Lipinski definition) is 5. The van der Waals surface area contributed by atoms with E-state index in [0.29, 0.717) is 17.6 Å². The van der Waals surface area contributed by atoms with Gasteiger partial charge in [-0.2, -0.15) is 9.97 Å². The van der Waals surface area contributed by atoms with E-state index in [4.69, 9.17) is 19.4 Å². The summed E-state index contributed by atoms with van der Waals surface area (Å²) in [4.78, 5) is 15.5. The van der Waals surface area contributed by atoms with E-state index in [1.807, 2.05) is 53.8 Å². The van der Waals surface area contributed by atoms with Gasteiger partial charge in [0.25, 0.3) is 0 Å². The van der Waals surface area contributed by atoms with E-state index < -0.39 is 0 Å². The Kier molecular flexibility index (Phi) is 6.05. The molecule has 0 saturated heterocycles. The topological polar surface area (TPSA) is 56.7 Å². The van der Waals surface area contributed by atoms with Gasteiger partial charge < -0.3 is 4.42 Å². The Morgan fingerprint density at radius 1 is 0.431 bits per heavy atom. The van der Waals surface area contributed by atoms with Gasteiger partial charge in [-0.25, -0.2) is 4.98 Å². The third kappa shape index (κ3) is 4.37. The van der Waals surface area contributed by atoms with Gasteiger partial charge in [-0.15, -0.1) is 11.3 Å². The van der Waals surface area contributed by atoms with E-state index in [2.05, 4.69) is 120 Å². The number of aromatic nitrogens is 4. The first-order valence-corrected chi connectivity index (χ1v) is 17.8. The molecule has 0 atom stereocenters. The van der Waals surface area contributed by atoms with Gasteiger partial charge in [0.15, 0.2) is 11.6 Å². The zero-order valence-corrected chi connectivity index (χ0v) is 27.9. The lowest BCUT2D eigenvalue weighted by molar-refractivity contribution is 0.669. The third-order valence-corrected chi connectivity index (χ3v) is 11.0. The second-order valence-electron chi connectivity index (χ2n) is 12.8. The van der Waals surface area contributed by atoms with Crippen molar-refractivity contribution < 1.29 is 4.42 Å². The molecule has 0 radical (unpaired) electrons. The second kappa shape index (κ2) is 10.9. The average molecular weight is 671 g/mol. The second-order valence-corrected chi connectivity index (χ2v) is 13.9. The Morgan fingerprint density at radius 2 is 1.16 bits per heavy atom. The van der Waals surface area contributed by atoms with E-state index in [1.165, 1.54) is 25.6 Å². The van der Waals surface area contributed by atoms with Crippen molar-refractivity contribution in [1.29, 1.82) is 0 Å². The summed E-state index contributed by atoms with van der Waals surface area (Å²) in [5, 5.41) is 6.98. The van der Waals surface area contributed by atoms with Crippen molar-refractivity contribution >= 4 is 75.3 Å². The van der Waals surface area contributed by atoms with E-state index >= 15 is 0 Å². The molecule has 11 aromatic rings. The summed E-state index contributed by atoms with van der Waals surface area (Å²) in [5.41, 5.74) is 7.83. The normalized spacial score (nSPS) is 11.9. The van der Waals surface area contributed by atoms with E-state index in [1.54, 1.807) is 0 Å². The number of rotatable bonds is 4. The Bertz CT molecular complexity index is 3140. The molecule has 0 amide bonds. The lowest BCUT2D eigenvalue weighted by atomic mass is 9.99. The molecule has 51 heavy (non-hydrogen) atoms. The Labute approximate surface area is 295 Å². The minimum atomic E-state index is 0.569. The lowest BCUT2D eigenvalue weighted by Crippen LogP contribution is -2.06. The van der Waals surface area contributed by atoms with E-state index in [9.17, 15) is 0 Å². The van der Waals surface area contributed by atoms with Crippen LogP contribution in [0.15, 0.2) is 162 Å². The van der Waals surface area contributed by atoms with Crippen LogP contribution in [0.3, 0.4) is 0 Å². The van der Waals surface area contributed by atoms with Gasteiger partial charge in [0.05, 0.1) is 11.0 Å². The molecule has 0 aliphatic carbocycles. The lowest BCUT2D eigenvalue weighted by Gasteiger charge is -2.11. The largest absolute Gasteiger partial charge is 0.456 e. The molecule has 0 saturated carbocycles. The number of thiophene rings is 1. The maximum absolute atomic E-state index is 6.50. The van der Waals surface area contributed by atoms with Crippen molar-refractivity contribution in [2.45, 2.75) is 0 Å². The minimum absolute atomic E-state index is 0.569. The first-order valence-electron chi connectivity index (χ1n) is 16.9. The summed E-state index contributed by atoms with van der Waals surface area (Å²) in [5.74, 6) is 1.76. The fourth-order valence-electron chi connectivity index (χ4n) is 7.54. The van der Waals surface area contributed by atoms with Gasteiger partial charge in [0.2, 0.25) is 5.95 Å². The predicted octanol–water partition coefficient (Wildman–Crippen LogP) is 12.2. The van der Waals surface area contributed by atoms with Gasteiger partial charge in [-0.3, -0.25) is 4.57 Å². The summed E-state index contributed by atoms with van der Waals surface area (Å²) < 4.78 is 11.2. The summed E-state index contributed by atoms with van der Waals surface area (Å²) >= 11 is 1.83. The predicted molar refractivity (Wildman–Crippen MR) is 211 cm³/mol. The van der Waals surface area contributed by atoms with Crippen LogP contribution in [0.4, 0.5) is 0 Å². The molecule has 0 aliphatic heterocycles. The SMILES string of the molecule is c1ccc(-c2nc(-c3ccc4c(c3)oc3cccc(-c5ccccc5)c34)nc(-n3c4ccccc4c4cc5sc6ccccc6c5cc43)n2)cc1. The zero-order chi connectivity index (χ0) is 33.5. The number of benzene rings is 7. The number of fused-ring (bicyclic) bond motifs is 9. The van der Waals surface area contributed by atoms with Gasteiger partial charge >= 0.3 is 0 Å². The number of para-hydroxylation sites is 1. The number of furan rings is 1. The third-order valence-electron chi connectivity index (χ3n) is 9.87. The summed E-state index contributed by atoms with van der Waals surface area (Å²) in [6, 6.07) is 54.9. The van der Waals surface area contributed by atoms with Crippen molar-refractivity contribution in [2.24, 2.45) is 0 Å². The molecule has 4 aromatic heterocycles. The molecule has 0 fully saturated rings.